The van der Waals surface area contributed by atoms with Crippen molar-refractivity contribution in [1.29, 1.82) is 0 Å². The molecule has 0 saturated heterocycles. The number of hydrogen-bond acceptors (Lipinski definition) is 2. The van der Waals surface area contributed by atoms with Crippen LogP contribution in [0.25, 0.3) is 0 Å². The van der Waals surface area contributed by atoms with Crippen molar-refractivity contribution in [3.05, 3.63) is 95.0 Å². The maximum atomic E-state index is 12.3. The number of halogens is 1. The van der Waals surface area contributed by atoms with E-state index in [4.69, 9.17) is 11.6 Å². The average molecular weight is 368 g/mol. The Bertz CT molecular complexity index is 1020. The van der Waals surface area contributed by atoms with Crippen LogP contribution in [0, 0.1) is 11.8 Å². The monoisotopic (exact) mass is 367 g/mol. The molecule has 0 saturated carbocycles. The zero-order chi connectivity index (χ0) is 17.7. The lowest BCUT2D eigenvalue weighted by molar-refractivity contribution is 0.601. The molecule has 0 aliphatic heterocycles. The standard InChI is InChI=1S/C20H14ClNO2S/c21-18-10-14-20(15-11-18)25(23,24)22-19-12-8-17(9-13-19)7-6-16-4-2-1-3-5-16/h1-5,8-15,22H. The first-order chi connectivity index (χ1) is 12.0. The fourth-order valence-corrected chi connectivity index (χ4v) is 3.30. The van der Waals surface area contributed by atoms with Gasteiger partial charge < -0.3 is 0 Å². The zero-order valence-electron chi connectivity index (χ0n) is 13.1. The molecule has 1 N–H and O–H groups in total. The van der Waals surface area contributed by atoms with E-state index in [1.807, 2.05) is 30.3 Å². The molecule has 3 nitrogen and oxygen atoms in total. The number of benzene rings is 3. The van der Waals surface area contributed by atoms with Crippen LogP contribution in [0.5, 0.6) is 0 Å². The molecule has 5 heteroatoms. The summed E-state index contributed by atoms with van der Waals surface area (Å²) in [5.41, 5.74) is 2.20. The summed E-state index contributed by atoms with van der Waals surface area (Å²) in [6, 6.07) is 22.6. The number of rotatable bonds is 3. The van der Waals surface area contributed by atoms with E-state index in [1.54, 1.807) is 36.4 Å². The topological polar surface area (TPSA) is 46.2 Å². The Labute approximate surface area is 152 Å². The van der Waals surface area contributed by atoms with E-state index in [-0.39, 0.29) is 4.90 Å². The van der Waals surface area contributed by atoms with Gasteiger partial charge in [-0.25, -0.2) is 8.42 Å². The second-order valence-electron chi connectivity index (χ2n) is 5.25. The molecule has 0 bridgehead atoms. The van der Waals surface area contributed by atoms with Gasteiger partial charge in [0.25, 0.3) is 10.0 Å². The first-order valence-electron chi connectivity index (χ1n) is 7.48. The van der Waals surface area contributed by atoms with E-state index in [0.717, 1.165) is 11.1 Å². The molecule has 0 spiro atoms. The quantitative estimate of drug-likeness (QED) is 0.691. The Kier molecular flexibility index (Phi) is 5.08. The molecular formula is C20H14ClNO2S. The Morgan fingerprint density at radius 1 is 0.720 bits per heavy atom. The molecule has 3 aromatic rings. The van der Waals surface area contributed by atoms with Crippen molar-refractivity contribution >= 4 is 27.3 Å². The number of hydrogen-bond donors (Lipinski definition) is 1. The third-order valence-electron chi connectivity index (χ3n) is 3.39. The summed E-state index contributed by atoms with van der Waals surface area (Å²) in [6.07, 6.45) is 0. The van der Waals surface area contributed by atoms with Crippen molar-refractivity contribution in [3.8, 4) is 11.8 Å². The largest absolute Gasteiger partial charge is 0.280 e. The van der Waals surface area contributed by atoms with Crippen molar-refractivity contribution in [2.24, 2.45) is 0 Å². The Hall–Kier alpha value is -2.74. The highest BCUT2D eigenvalue weighted by Crippen LogP contribution is 2.18. The molecule has 0 amide bonds. The van der Waals surface area contributed by atoms with Crippen LogP contribution in [0.4, 0.5) is 5.69 Å². The maximum absolute atomic E-state index is 12.3. The predicted molar refractivity (Wildman–Crippen MR) is 101 cm³/mol. The van der Waals surface area contributed by atoms with Crippen LogP contribution in [0.15, 0.2) is 83.8 Å². The summed E-state index contributed by atoms with van der Waals surface area (Å²) < 4.78 is 27.2. The van der Waals surface area contributed by atoms with Crippen molar-refractivity contribution in [2.45, 2.75) is 4.90 Å². The molecule has 3 aromatic carbocycles. The van der Waals surface area contributed by atoms with Crippen LogP contribution in [0.2, 0.25) is 5.02 Å². The first-order valence-corrected chi connectivity index (χ1v) is 9.35. The van der Waals surface area contributed by atoms with Gasteiger partial charge in [0.2, 0.25) is 0 Å². The number of nitrogens with one attached hydrogen (secondary N) is 1. The average Bonchev–Trinajstić information content (AvgIpc) is 2.62. The van der Waals surface area contributed by atoms with Gasteiger partial charge in [0.05, 0.1) is 4.90 Å². The van der Waals surface area contributed by atoms with E-state index in [9.17, 15) is 8.42 Å². The van der Waals surface area contributed by atoms with Crippen LogP contribution < -0.4 is 4.72 Å². The smallest absolute Gasteiger partial charge is 0.261 e. The third-order valence-corrected chi connectivity index (χ3v) is 5.04. The highest BCUT2D eigenvalue weighted by atomic mass is 35.5. The van der Waals surface area contributed by atoms with Crippen LogP contribution in [0.1, 0.15) is 11.1 Å². The molecule has 124 valence electrons. The minimum absolute atomic E-state index is 0.157. The van der Waals surface area contributed by atoms with E-state index >= 15 is 0 Å². The highest BCUT2D eigenvalue weighted by molar-refractivity contribution is 7.92. The Morgan fingerprint density at radius 3 is 1.88 bits per heavy atom. The van der Waals surface area contributed by atoms with Gasteiger partial charge in [0, 0.05) is 21.8 Å². The molecule has 0 radical (unpaired) electrons. The fourth-order valence-electron chi connectivity index (χ4n) is 2.12. The normalized spacial score (nSPS) is 10.6. The summed E-state index contributed by atoms with van der Waals surface area (Å²) >= 11 is 5.79. The van der Waals surface area contributed by atoms with Gasteiger partial charge in [-0.15, -0.1) is 0 Å². The molecule has 0 aliphatic carbocycles. The molecule has 3 rings (SSSR count). The SMILES string of the molecule is O=S(=O)(Nc1ccc(C#Cc2ccccc2)cc1)c1ccc(Cl)cc1. The highest BCUT2D eigenvalue weighted by Gasteiger charge is 2.13. The Balaban J connectivity index is 1.74. The van der Waals surface area contributed by atoms with Gasteiger partial charge >= 0.3 is 0 Å². The summed E-state index contributed by atoms with van der Waals surface area (Å²) in [5, 5.41) is 0.486. The van der Waals surface area contributed by atoms with Gasteiger partial charge in [-0.2, -0.15) is 0 Å². The summed E-state index contributed by atoms with van der Waals surface area (Å²) in [4.78, 5) is 0.157. The van der Waals surface area contributed by atoms with Gasteiger partial charge in [-0.05, 0) is 60.7 Å². The number of sulfonamides is 1. The lowest BCUT2D eigenvalue weighted by atomic mass is 10.2. The maximum Gasteiger partial charge on any atom is 0.261 e. The van der Waals surface area contributed by atoms with Crippen molar-refractivity contribution in [2.75, 3.05) is 4.72 Å². The van der Waals surface area contributed by atoms with Crippen LogP contribution >= 0.6 is 11.6 Å². The van der Waals surface area contributed by atoms with E-state index < -0.39 is 10.0 Å². The van der Waals surface area contributed by atoms with Crippen LogP contribution in [0.3, 0.4) is 0 Å². The molecule has 0 atom stereocenters. The molecule has 0 heterocycles. The lowest BCUT2D eigenvalue weighted by Gasteiger charge is -2.08. The molecule has 25 heavy (non-hydrogen) atoms. The fraction of sp³-hybridized carbons (Fsp3) is 0. The minimum atomic E-state index is -3.64. The second-order valence-corrected chi connectivity index (χ2v) is 7.37. The van der Waals surface area contributed by atoms with Crippen molar-refractivity contribution in [3.63, 3.8) is 0 Å². The van der Waals surface area contributed by atoms with Crippen LogP contribution in [-0.4, -0.2) is 8.42 Å². The predicted octanol–water partition coefficient (Wildman–Crippen LogP) is 4.54. The zero-order valence-corrected chi connectivity index (χ0v) is 14.7. The van der Waals surface area contributed by atoms with E-state index in [2.05, 4.69) is 16.6 Å². The van der Waals surface area contributed by atoms with Crippen molar-refractivity contribution < 1.29 is 8.42 Å². The van der Waals surface area contributed by atoms with Gasteiger partial charge in [0.15, 0.2) is 0 Å². The Morgan fingerprint density at radius 2 is 1.28 bits per heavy atom. The molecule has 0 aromatic heterocycles. The molecule has 0 fully saturated rings. The van der Waals surface area contributed by atoms with Crippen molar-refractivity contribution in [1.82, 2.24) is 0 Å². The van der Waals surface area contributed by atoms with Gasteiger partial charge in [-0.3, -0.25) is 4.72 Å². The molecular weight excluding hydrogens is 354 g/mol. The lowest BCUT2D eigenvalue weighted by Crippen LogP contribution is -2.12. The third kappa shape index (κ3) is 4.63. The molecule has 0 aliphatic rings. The van der Waals surface area contributed by atoms with Crippen LogP contribution in [-0.2, 0) is 10.0 Å². The summed E-state index contributed by atoms with van der Waals surface area (Å²) in [6.45, 7) is 0. The van der Waals surface area contributed by atoms with Gasteiger partial charge in [0.1, 0.15) is 0 Å². The second kappa shape index (κ2) is 7.43. The minimum Gasteiger partial charge on any atom is -0.280 e. The summed E-state index contributed by atoms with van der Waals surface area (Å²) in [7, 11) is -3.64. The first kappa shape index (κ1) is 17.1. The van der Waals surface area contributed by atoms with E-state index in [1.165, 1.54) is 12.1 Å². The molecule has 0 unspecified atom stereocenters. The van der Waals surface area contributed by atoms with Gasteiger partial charge in [-0.1, -0.05) is 41.6 Å². The van der Waals surface area contributed by atoms with E-state index in [0.29, 0.717) is 10.7 Å². The number of anilines is 1. The summed E-state index contributed by atoms with van der Waals surface area (Å²) in [5.74, 6) is 6.11.